The van der Waals surface area contributed by atoms with Crippen LogP contribution < -0.4 is 10.1 Å². The Morgan fingerprint density at radius 3 is 2.55 bits per heavy atom. The summed E-state index contributed by atoms with van der Waals surface area (Å²) >= 11 is 5.93. The third-order valence-electron chi connectivity index (χ3n) is 5.52. The molecule has 0 spiro atoms. The van der Waals surface area contributed by atoms with E-state index in [0.717, 1.165) is 54.0 Å². The molecule has 4 aromatic rings. The molecule has 0 saturated heterocycles. The van der Waals surface area contributed by atoms with E-state index in [9.17, 15) is 4.79 Å². The molecule has 0 radical (unpaired) electrons. The van der Waals surface area contributed by atoms with Gasteiger partial charge >= 0.3 is 0 Å². The number of nitrogens with zero attached hydrogens (tertiary/aromatic N) is 2. The average Bonchev–Trinajstić information content (AvgIpc) is 3.18. The van der Waals surface area contributed by atoms with Crippen LogP contribution in [0.2, 0.25) is 5.02 Å². The minimum absolute atomic E-state index is 0.0390. The van der Waals surface area contributed by atoms with Crippen molar-refractivity contribution in [2.75, 3.05) is 13.2 Å². The topological polar surface area (TPSA) is 56.2 Å². The fourth-order valence-electron chi connectivity index (χ4n) is 3.76. The predicted octanol–water partition coefficient (Wildman–Crippen LogP) is 5.83. The van der Waals surface area contributed by atoms with Crippen molar-refractivity contribution < 1.29 is 9.53 Å². The van der Waals surface area contributed by atoms with Crippen LogP contribution >= 0.6 is 11.6 Å². The Balaban J connectivity index is 1.32. The summed E-state index contributed by atoms with van der Waals surface area (Å²) < 4.78 is 8.11. The molecule has 0 atom stereocenters. The van der Waals surface area contributed by atoms with Crippen LogP contribution in [0.5, 0.6) is 5.75 Å². The molecule has 0 saturated carbocycles. The monoisotopic (exact) mass is 461 g/mol. The molecular formula is C27H28ClN3O2. The zero-order valence-corrected chi connectivity index (χ0v) is 19.5. The number of aryl methyl sites for hydroxylation is 3. The van der Waals surface area contributed by atoms with Gasteiger partial charge in [-0.05, 0) is 68.3 Å². The van der Waals surface area contributed by atoms with Gasteiger partial charge in [-0.2, -0.15) is 0 Å². The largest absolute Gasteiger partial charge is 0.494 e. The Hall–Kier alpha value is -3.31. The number of ether oxygens (including phenoxy) is 1. The molecule has 0 fully saturated rings. The molecule has 1 N–H and O–H groups in total. The average molecular weight is 462 g/mol. The van der Waals surface area contributed by atoms with Gasteiger partial charge < -0.3 is 14.6 Å². The number of hydrogen-bond acceptors (Lipinski definition) is 3. The second-order valence-corrected chi connectivity index (χ2v) is 8.49. The van der Waals surface area contributed by atoms with Crippen LogP contribution in [0.15, 0.2) is 72.8 Å². The number of hydrogen-bond donors (Lipinski definition) is 1. The summed E-state index contributed by atoms with van der Waals surface area (Å²) in [7, 11) is 0. The van der Waals surface area contributed by atoms with Crippen molar-refractivity contribution >= 4 is 28.5 Å². The molecule has 3 aromatic carbocycles. The second kappa shape index (κ2) is 11.0. The smallest absolute Gasteiger partial charge is 0.251 e. The normalized spacial score (nSPS) is 11.0. The Morgan fingerprint density at radius 1 is 1.00 bits per heavy atom. The van der Waals surface area contributed by atoms with Gasteiger partial charge in [0.2, 0.25) is 0 Å². The standard InChI is InChI=1S/C27H28ClN3O2/c1-20-9-11-21(12-10-20)27(32)29-17-4-8-26-30-24-6-2-3-7-25(24)31(26)18-5-19-33-23-15-13-22(28)14-16-23/h2-3,6-7,9-16H,4-5,8,17-19H2,1H3,(H,29,32). The van der Waals surface area contributed by atoms with Crippen molar-refractivity contribution in [3.63, 3.8) is 0 Å². The van der Waals surface area contributed by atoms with Crippen LogP contribution in [0.3, 0.4) is 0 Å². The minimum Gasteiger partial charge on any atom is -0.494 e. The first kappa shape index (κ1) is 22.9. The number of amides is 1. The highest BCUT2D eigenvalue weighted by molar-refractivity contribution is 6.30. The molecule has 0 bridgehead atoms. The quantitative estimate of drug-likeness (QED) is 0.302. The van der Waals surface area contributed by atoms with Crippen LogP contribution in [0.4, 0.5) is 0 Å². The summed E-state index contributed by atoms with van der Waals surface area (Å²) in [6, 6.07) is 23.2. The molecule has 1 amide bonds. The third-order valence-corrected chi connectivity index (χ3v) is 5.77. The molecular weight excluding hydrogens is 434 g/mol. The van der Waals surface area contributed by atoms with Gasteiger partial charge in [-0.3, -0.25) is 4.79 Å². The van der Waals surface area contributed by atoms with Gasteiger partial charge in [0.25, 0.3) is 5.91 Å². The van der Waals surface area contributed by atoms with Crippen molar-refractivity contribution in [2.45, 2.75) is 32.7 Å². The van der Waals surface area contributed by atoms with Crippen molar-refractivity contribution in [3.05, 3.63) is 94.8 Å². The Kier molecular flexibility index (Phi) is 7.63. The lowest BCUT2D eigenvalue weighted by Gasteiger charge is -2.11. The van der Waals surface area contributed by atoms with Crippen LogP contribution in [-0.4, -0.2) is 28.6 Å². The van der Waals surface area contributed by atoms with Crippen LogP contribution in [0.25, 0.3) is 11.0 Å². The van der Waals surface area contributed by atoms with Gasteiger partial charge in [-0.25, -0.2) is 4.98 Å². The van der Waals surface area contributed by atoms with Crippen LogP contribution in [0.1, 0.15) is 34.6 Å². The van der Waals surface area contributed by atoms with E-state index in [4.69, 9.17) is 21.3 Å². The number of aromatic nitrogens is 2. The first-order valence-corrected chi connectivity index (χ1v) is 11.7. The highest BCUT2D eigenvalue weighted by Crippen LogP contribution is 2.19. The van der Waals surface area contributed by atoms with E-state index < -0.39 is 0 Å². The molecule has 0 aliphatic heterocycles. The SMILES string of the molecule is Cc1ccc(C(=O)NCCCc2nc3ccccc3n2CCCOc2ccc(Cl)cc2)cc1. The van der Waals surface area contributed by atoms with E-state index in [1.165, 1.54) is 0 Å². The number of halogens is 1. The summed E-state index contributed by atoms with van der Waals surface area (Å²) in [5.41, 5.74) is 3.95. The number of benzene rings is 3. The van der Waals surface area contributed by atoms with Crippen LogP contribution in [0, 0.1) is 6.92 Å². The molecule has 0 aliphatic rings. The number of para-hydroxylation sites is 2. The van der Waals surface area contributed by atoms with Crippen molar-refractivity contribution in [1.82, 2.24) is 14.9 Å². The zero-order chi connectivity index (χ0) is 23.0. The maximum Gasteiger partial charge on any atom is 0.251 e. The van der Waals surface area contributed by atoms with Gasteiger partial charge in [0.05, 0.1) is 17.6 Å². The van der Waals surface area contributed by atoms with Crippen molar-refractivity contribution in [1.29, 1.82) is 0 Å². The Bertz CT molecular complexity index is 1200. The summed E-state index contributed by atoms with van der Waals surface area (Å²) in [5, 5.41) is 3.71. The second-order valence-electron chi connectivity index (χ2n) is 8.05. The lowest BCUT2D eigenvalue weighted by molar-refractivity contribution is 0.0953. The van der Waals surface area contributed by atoms with Gasteiger partial charge in [-0.1, -0.05) is 41.4 Å². The molecule has 33 heavy (non-hydrogen) atoms. The predicted molar refractivity (Wildman–Crippen MR) is 133 cm³/mol. The molecule has 4 rings (SSSR count). The highest BCUT2D eigenvalue weighted by Gasteiger charge is 2.11. The first-order valence-electron chi connectivity index (χ1n) is 11.3. The number of carbonyl (C=O) groups is 1. The lowest BCUT2D eigenvalue weighted by atomic mass is 10.1. The first-order chi connectivity index (χ1) is 16.1. The molecule has 170 valence electrons. The summed E-state index contributed by atoms with van der Waals surface area (Å²) in [6.45, 7) is 4.05. The minimum atomic E-state index is -0.0390. The van der Waals surface area contributed by atoms with Crippen LogP contribution in [-0.2, 0) is 13.0 Å². The number of carbonyl (C=O) groups excluding carboxylic acids is 1. The summed E-state index contributed by atoms with van der Waals surface area (Å²) in [6.07, 6.45) is 2.48. The van der Waals surface area contributed by atoms with E-state index in [0.29, 0.717) is 23.7 Å². The number of fused-ring (bicyclic) bond motifs is 1. The number of imidazole rings is 1. The fraction of sp³-hybridized carbons (Fsp3) is 0.259. The molecule has 1 aromatic heterocycles. The highest BCUT2D eigenvalue weighted by atomic mass is 35.5. The molecule has 6 heteroatoms. The van der Waals surface area contributed by atoms with Crippen molar-refractivity contribution in [3.8, 4) is 5.75 Å². The fourth-order valence-corrected chi connectivity index (χ4v) is 3.89. The van der Waals surface area contributed by atoms with E-state index in [2.05, 4.69) is 16.0 Å². The molecule has 0 unspecified atom stereocenters. The lowest BCUT2D eigenvalue weighted by Crippen LogP contribution is -2.25. The molecule has 0 aliphatic carbocycles. The summed E-state index contributed by atoms with van der Waals surface area (Å²) in [4.78, 5) is 17.2. The Labute approximate surface area is 199 Å². The summed E-state index contributed by atoms with van der Waals surface area (Å²) in [5.74, 6) is 1.81. The van der Waals surface area contributed by atoms with E-state index >= 15 is 0 Å². The molecule has 1 heterocycles. The maximum atomic E-state index is 12.3. The van der Waals surface area contributed by atoms with Crippen molar-refractivity contribution in [2.24, 2.45) is 0 Å². The Morgan fingerprint density at radius 2 is 1.76 bits per heavy atom. The van der Waals surface area contributed by atoms with Gasteiger partial charge in [0.1, 0.15) is 11.6 Å². The van der Waals surface area contributed by atoms with E-state index in [1.807, 2.05) is 73.7 Å². The number of rotatable bonds is 10. The van der Waals surface area contributed by atoms with Gasteiger partial charge in [0.15, 0.2) is 0 Å². The van der Waals surface area contributed by atoms with Gasteiger partial charge in [-0.15, -0.1) is 0 Å². The number of nitrogens with one attached hydrogen (secondary N) is 1. The van der Waals surface area contributed by atoms with E-state index in [1.54, 1.807) is 0 Å². The van der Waals surface area contributed by atoms with Gasteiger partial charge in [0, 0.05) is 30.1 Å². The van der Waals surface area contributed by atoms with E-state index in [-0.39, 0.29) is 5.91 Å². The molecule has 5 nitrogen and oxygen atoms in total. The maximum absolute atomic E-state index is 12.3. The zero-order valence-electron chi connectivity index (χ0n) is 18.8. The third kappa shape index (κ3) is 6.14.